The fraction of sp³-hybridized carbons (Fsp3) is 0.324. The molecule has 0 atom stereocenters. The van der Waals surface area contributed by atoms with Crippen LogP contribution in [0, 0.1) is 0 Å². The van der Waals surface area contributed by atoms with Crippen molar-refractivity contribution in [1.82, 2.24) is 14.9 Å². The normalized spacial score (nSPS) is 17.4. The minimum Gasteiger partial charge on any atom is -0.493 e. The van der Waals surface area contributed by atoms with Gasteiger partial charge in [0.05, 0.1) is 29.8 Å². The first-order valence-electron chi connectivity index (χ1n) is 14.7. The molecule has 1 saturated carbocycles. The SMILES string of the molecule is CCOc1cc(C(=O)N2CCC3(CC2)CC(=O)c2cc(-c4cncc(C(=O)O)c4)ccc2O3)cc2c(C3CC3)nccc12. The number of ketones is 1. The highest BCUT2D eigenvalue weighted by Crippen LogP contribution is 2.44. The summed E-state index contributed by atoms with van der Waals surface area (Å²) in [5.41, 5.74) is 2.82. The molecular formula is C34H31N3O6. The van der Waals surface area contributed by atoms with Crippen LogP contribution in [-0.4, -0.2) is 62.9 Å². The Bertz CT molecular complexity index is 1790. The second kappa shape index (κ2) is 10.5. The average Bonchev–Trinajstić information content (AvgIpc) is 3.86. The first-order valence-corrected chi connectivity index (χ1v) is 14.7. The number of pyridine rings is 2. The summed E-state index contributed by atoms with van der Waals surface area (Å²) >= 11 is 0. The monoisotopic (exact) mass is 577 g/mol. The minimum absolute atomic E-state index is 0.0267. The lowest BCUT2D eigenvalue weighted by atomic mass is 9.82. The van der Waals surface area contributed by atoms with E-state index in [0.717, 1.165) is 29.3 Å². The molecule has 3 aliphatic rings. The van der Waals surface area contributed by atoms with Crippen LogP contribution in [0.1, 0.15) is 81.7 Å². The van der Waals surface area contributed by atoms with Crippen molar-refractivity contribution in [2.75, 3.05) is 19.7 Å². The molecule has 1 spiro atoms. The highest BCUT2D eigenvalue weighted by atomic mass is 16.5. The van der Waals surface area contributed by atoms with Crippen molar-refractivity contribution in [3.8, 4) is 22.6 Å². The van der Waals surface area contributed by atoms with Crippen LogP contribution in [0.2, 0.25) is 0 Å². The molecule has 43 heavy (non-hydrogen) atoms. The molecule has 7 rings (SSSR count). The largest absolute Gasteiger partial charge is 0.493 e. The van der Waals surface area contributed by atoms with Crippen molar-refractivity contribution in [2.24, 2.45) is 0 Å². The van der Waals surface area contributed by atoms with Crippen LogP contribution in [0.4, 0.5) is 0 Å². The highest BCUT2D eigenvalue weighted by molar-refractivity contribution is 6.03. The number of Topliss-reactive ketones (excluding diaryl/α,β-unsaturated/α-hetero) is 1. The summed E-state index contributed by atoms with van der Waals surface area (Å²) in [5, 5.41) is 11.3. The van der Waals surface area contributed by atoms with E-state index in [1.54, 1.807) is 18.3 Å². The molecule has 4 heterocycles. The molecule has 0 bridgehead atoms. The van der Waals surface area contributed by atoms with Gasteiger partial charge in [-0.15, -0.1) is 0 Å². The molecule has 2 aliphatic heterocycles. The van der Waals surface area contributed by atoms with Gasteiger partial charge in [-0.1, -0.05) is 6.07 Å². The van der Waals surface area contributed by atoms with Crippen molar-refractivity contribution >= 4 is 28.4 Å². The van der Waals surface area contributed by atoms with Crippen molar-refractivity contribution in [3.05, 3.63) is 83.4 Å². The number of amides is 1. The number of aromatic nitrogens is 2. The van der Waals surface area contributed by atoms with E-state index in [1.165, 1.54) is 12.3 Å². The third kappa shape index (κ3) is 4.98. The summed E-state index contributed by atoms with van der Waals surface area (Å²) in [6.45, 7) is 3.38. The Morgan fingerprint density at radius 1 is 1.02 bits per heavy atom. The lowest BCUT2D eigenvalue weighted by Crippen LogP contribution is -2.52. The third-order valence-electron chi connectivity index (χ3n) is 8.75. The van der Waals surface area contributed by atoms with E-state index in [9.17, 15) is 19.5 Å². The lowest BCUT2D eigenvalue weighted by molar-refractivity contribution is -0.00572. The van der Waals surface area contributed by atoms with Crippen molar-refractivity contribution in [2.45, 2.75) is 50.5 Å². The number of carbonyl (C=O) groups excluding carboxylic acids is 2. The number of carbonyl (C=O) groups is 3. The Kier molecular flexibility index (Phi) is 6.60. The number of ether oxygens (including phenoxy) is 2. The van der Waals surface area contributed by atoms with Gasteiger partial charge in [-0.05, 0) is 61.7 Å². The number of aromatic carboxylic acids is 1. The smallest absolute Gasteiger partial charge is 0.337 e. The van der Waals surface area contributed by atoms with Crippen molar-refractivity contribution in [3.63, 3.8) is 0 Å². The van der Waals surface area contributed by atoms with E-state index in [0.29, 0.717) is 72.2 Å². The van der Waals surface area contributed by atoms with Crippen LogP contribution in [0.5, 0.6) is 11.5 Å². The zero-order chi connectivity index (χ0) is 29.7. The van der Waals surface area contributed by atoms with Gasteiger partial charge in [0, 0.05) is 72.3 Å². The zero-order valence-electron chi connectivity index (χ0n) is 23.8. The number of nitrogens with zero attached hydrogens (tertiary/aromatic N) is 3. The van der Waals surface area contributed by atoms with Gasteiger partial charge in [0.2, 0.25) is 0 Å². The van der Waals surface area contributed by atoms with Gasteiger partial charge >= 0.3 is 5.97 Å². The van der Waals surface area contributed by atoms with Crippen molar-refractivity contribution in [1.29, 1.82) is 0 Å². The maximum absolute atomic E-state index is 13.8. The van der Waals surface area contributed by atoms with Gasteiger partial charge in [-0.25, -0.2) is 4.79 Å². The van der Waals surface area contributed by atoms with E-state index in [4.69, 9.17) is 9.47 Å². The van der Waals surface area contributed by atoms with E-state index in [1.807, 2.05) is 42.3 Å². The van der Waals surface area contributed by atoms with Gasteiger partial charge in [0.25, 0.3) is 5.91 Å². The number of hydrogen-bond donors (Lipinski definition) is 1. The number of likely N-dealkylation sites (tertiary alicyclic amines) is 1. The second-order valence-electron chi connectivity index (χ2n) is 11.6. The molecule has 2 aromatic heterocycles. The number of carboxylic acid groups (broad SMARTS) is 1. The predicted molar refractivity (Wildman–Crippen MR) is 159 cm³/mol. The van der Waals surface area contributed by atoms with Crippen molar-refractivity contribution < 1.29 is 29.0 Å². The fourth-order valence-corrected chi connectivity index (χ4v) is 6.32. The molecule has 0 radical (unpaired) electrons. The maximum atomic E-state index is 13.8. The number of carboxylic acids is 1. The van der Waals surface area contributed by atoms with Crippen LogP contribution in [0.3, 0.4) is 0 Å². The Morgan fingerprint density at radius 2 is 1.84 bits per heavy atom. The predicted octanol–water partition coefficient (Wildman–Crippen LogP) is 5.91. The summed E-state index contributed by atoms with van der Waals surface area (Å²) in [6, 6.07) is 12.6. The summed E-state index contributed by atoms with van der Waals surface area (Å²) in [6.07, 6.45) is 8.21. The topological polar surface area (TPSA) is 119 Å². The van der Waals surface area contributed by atoms with E-state index in [2.05, 4.69) is 9.97 Å². The Morgan fingerprint density at radius 3 is 2.58 bits per heavy atom. The molecule has 2 fully saturated rings. The quantitative estimate of drug-likeness (QED) is 0.300. The van der Waals surface area contributed by atoms with Crippen LogP contribution < -0.4 is 9.47 Å². The fourth-order valence-electron chi connectivity index (χ4n) is 6.32. The number of piperidine rings is 1. The highest BCUT2D eigenvalue weighted by Gasteiger charge is 2.44. The molecule has 2 aromatic carbocycles. The summed E-state index contributed by atoms with van der Waals surface area (Å²) in [4.78, 5) is 49.0. The number of hydrogen-bond acceptors (Lipinski definition) is 7. The van der Waals surface area contributed by atoms with Crippen LogP contribution in [0.15, 0.2) is 61.1 Å². The Balaban J connectivity index is 1.10. The Labute approximate surface area is 248 Å². The third-order valence-corrected chi connectivity index (χ3v) is 8.75. The second-order valence-corrected chi connectivity index (χ2v) is 11.6. The molecular weight excluding hydrogens is 546 g/mol. The maximum Gasteiger partial charge on any atom is 0.337 e. The molecule has 1 amide bonds. The minimum atomic E-state index is -1.06. The van der Waals surface area contributed by atoms with Gasteiger partial charge < -0.3 is 19.5 Å². The van der Waals surface area contributed by atoms with Gasteiger partial charge in [0.1, 0.15) is 17.1 Å². The van der Waals surface area contributed by atoms with E-state index in [-0.39, 0.29) is 23.7 Å². The summed E-state index contributed by atoms with van der Waals surface area (Å²) < 4.78 is 12.4. The van der Waals surface area contributed by atoms with Gasteiger partial charge in [0.15, 0.2) is 5.78 Å². The van der Waals surface area contributed by atoms with Gasteiger partial charge in [-0.2, -0.15) is 0 Å². The number of fused-ring (bicyclic) bond motifs is 2. The molecule has 0 unspecified atom stereocenters. The molecule has 9 nitrogen and oxygen atoms in total. The molecule has 1 saturated heterocycles. The number of rotatable bonds is 6. The molecule has 9 heteroatoms. The van der Waals surface area contributed by atoms with Crippen LogP contribution >= 0.6 is 0 Å². The molecule has 1 aliphatic carbocycles. The lowest BCUT2D eigenvalue weighted by Gasteiger charge is -2.44. The zero-order valence-corrected chi connectivity index (χ0v) is 23.8. The van der Waals surface area contributed by atoms with E-state index >= 15 is 0 Å². The number of benzene rings is 2. The van der Waals surface area contributed by atoms with Crippen LogP contribution in [0.25, 0.3) is 21.9 Å². The molecule has 218 valence electrons. The molecule has 1 N–H and O–H groups in total. The average molecular weight is 578 g/mol. The molecule has 4 aromatic rings. The Hall–Kier alpha value is -4.79. The first-order chi connectivity index (χ1) is 20.8. The van der Waals surface area contributed by atoms with Gasteiger partial charge in [-0.3, -0.25) is 19.6 Å². The summed E-state index contributed by atoms with van der Waals surface area (Å²) in [7, 11) is 0. The first kappa shape index (κ1) is 27.1. The van der Waals surface area contributed by atoms with E-state index < -0.39 is 11.6 Å². The standard InChI is InChI=1S/C34H31N3O6/c1-2-42-30-16-22(15-26-25(30)7-10-36-31(26)20-3-4-20)32(39)37-11-8-34(9-12-37)17-28(38)27-14-21(5-6-29(27)43-34)23-13-24(33(40)41)19-35-18-23/h5-7,10,13-16,18-20H,2-4,8-9,11-12,17H2,1H3,(H,40,41). The summed E-state index contributed by atoms with van der Waals surface area (Å²) in [5.74, 6) is 0.495. The van der Waals surface area contributed by atoms with Crippen LogP contribution in [-0.2, 0) is 0 Å².